The zero-order chi connectivity index (χ0) is 18.0. The van der Waals surface area contributed by atoms with Crippen molar-refractivity contribution in [3.05, 3.63) is 18.2 Å². The van der Waals surface area contributed by atoms with Gasteiger partial charge in [0.15, 0.2) is 17.6 Å². The third kappa shape index (κ3) is 4.04. The second-order valence-electron chi connectivity index (χ2n) is 7.38. The summed E-state index contributed by atoms with van der Waals surface area (Å²) in [6.07, 6.45) is 1.78. The fourth-order valence-corrected chi connectivity index (χ4v) is 3.43. The average molecular weight is 362 g/mol. The molecular weight excluding hydrogens is 336 g/mol. The maximum absolute atomic E-state index is 12.4. The van der Waals surface area contributed by atoms with E-state index < -0.39 is 6.10 Å². The zero-order valence-corrected chi connectivity index (χ0v) is 15.2. The van der Waals surface area contributed by atoms with Crippen molar-refractivity contribution >= 4 is 5.91 Å². The molecule has 0 bridgehead atoms. The fraction of sp³-hybridized carbons (Fsp3) is 0.632. The number of ether oxygens (including phenoxy) is 4. The Balaban J connectivity index is 1.25. The summed E-state index contributed by atoms with van der Waals surface area (Å²) < 4.78 is 21.8. The second kappa shape index (κ2) is 7.32. The van der Waals surface area contributed by atoms with Crippen LogP contribution in [0.1, 0.15) is 19.8 Å². The normalized spacial score (nSPS) is 21.9. The van der Waals surface area contributed by atoms with Gasteiger partial charge in [0.2, 0.25) is 6.79 Å². The molecule has 26 heavy (non-hydrogen) atoms. The first-order valence-corrected chi connectivity index (χ1v) is 9.28. The lowest BCUT2D eigenvalue weighted by Crippen LogP contribution is -2.45. The smallest absolute Gasteiger partial charge is 0.260 e. The molecule has 1 saturated carbocycles. The molecule has 0 radical (unpaired) electrons. The van der Waals surface area contributed by atoms with Gasteiger partial charge in [-0.25, -0.2) is 0 Å². The summed E-state index contributed by atoms with van der Waals surface area (Å²) in [6, 6.07) is 5.34. The van der Waals surface area contributed by atoms with Gasteiger partial charge in [-0.2, -0.15) is 0 Å². The molecule has 3 aliphatic rings. The Labute approximate surface area is 153 Å². The lowest BCUT2D eigenvalue weighted by molar-refractivity contribution is -0.127. The number of amides is 1. The summed E-state index contributed by atoms with van der Waals surface area (Å²) in [6.45, 7) is 7.32. The van der Waals surface area contributed by atoms with Gasteiger partial charge in [0.05, 0.1) is 13.2 Å². The molecule has 1 N–H and O–H groups in total. The van der Waals surface area contributed by atoms with Crippen molar-refractivity contribution in [2.45, 2.75) is 25.9 Å². The van der Waals surface area contributed by atoms with Crippen LogP contribution in [0.25, 0.3) is 0 Å². The van der Waals surface area contributed by atoms with Crippen LogP contribution in [-0.4, -0.2) is 63.1 Å². The van der Waals surface area contributed by atoms with Gasteiger partial charge in [0.1, 0.15) is 5.75 Å². The molecule has 7 heteroatoms. The number of carbonyl (C=O) groups excluding carboxylic acids is 1. The number of nitrogens with one attached hydrogen (secondary N) is 1. The number of nitrogens with zero attached hydrogens (tertiary/aromatic N) is 1. The molecule has 2 fully saturated rings. The van der Waals surface area contributed by atoms with Crippen LogP contribution in [0, 0.1) is 5.41 Å². The standard InChI is InChI=1S/C19H26N2O5/c1-14(26-15-2-3-16-17(10-15)25-13-24-16)18(22)20-11-19(4-5-19)12-21-6-8-23-9-7-21/h2-3,10,14H,4-9,11-13H2,1H3,(H,20,22). The van der Waals surface area contributed by atoms with Crippen LogP contribution in [0.4, 0.5) is 0 Å². The number of carbonyl (C=O) groups is 1. The molecular formula is C19H26N2O5. The molecule has 2 aliphatic heterocycles. The van der Waals surface area contributed by atoms with E-state index in [-0.39, 0.29) is 18.1 Å². The largest absolute Gasteiger partial charge is 0.481 e. The quantitative estimate of drug-likeness (QED) is 0.791. The lowest BCUT2D eigenvalue weighted by atomic mass is 10.1. The van der Waals surface area contributed by atoms with E-state index >= 15 is 0 Å². The summed E-state index contributed by atoms with van der Waals surface area (Å²) in [5.41, 5.74) is 0.228. The first-order chi connectivity index (χ1) is 12.6. The van der Waals surface area contributed by atoms with E-state index in [1.54, 1.807) is 25.1 Å². The fourth-order valence-electron chi connectivity index (χ4n) is 3.43. The number of benzene rings is 1. The Hall–Kier alpha value is -1.99. The zero-order valence-electron chi connectivity index (χ0n) is 15.2. The number of hydrogen-bond donors (Lipinski definition) is 1. The highest BCUT2D eigenvalue weighted by atomic mass is 16.7. The number of rotatable bonds is 7. The van der Waals surface area contributed by atoms with Crippen LogP contribution >= 0.6 is 0 Å². The molecule has 1 atom stereocenters. The highest BCUT2D eigenvalue weighted by molar-refractivity contribution is 5.80. The average Bonchev–Trinajstić information content (AvgIpc) is 3.25. The van der Waals surface area contributed by atoms with Crippen molar-refractivity contribution in [1.29, 1.82) is 0 Å². The maximum Gasteiger partial charge on any atom is 0.260 e. The summed E-state index contributed by atoms with van der Waals surface area (Å²) in [7, 11) is 0. The topological polar surface area (TPSA) is 69.3 Å². The number of hydrogen-bond acceptors (Lipinski definition) is 6. The van der Waals surface area contributed by atoms with Crippen LogP contribution in [-0.2, 0) is 9.53 Å². The predicted octanol–water partition coefficient (Wildman–Crippen LogP) is 1.41. The van der Waals surface area contributed by atoms with Gasteiger partial charge in [-0.1, -0.05) is 0 Å². The van der Waals surface area contributed by atoms with Crippen LogP contribution in [0.15, 0.2) is 18.2 Å². The number of morpholine rings is 1. The number of fused-ring (bicyclic) bond motifs is 1. The summed E-state index contributed by atoms with van der Waals surface area (Å²) in [5, 5.41) is 3.07. The van der Waals surface area contributed by atoms with E-state index in [9.17, 15) is 4.79 Å². The van der Waals surface area contributed by atoms with Gasteiger partial charge in [0, 0.05) is 37.7 Å². The highest BCUT2D eigenvalue weighted by Gasteiger charge is 2.44. The molecule has 0 spiro atoms. The van der Waals surface area contributed by atoms with Crippen LogP contribution in [0.3, 0.4) is 0 Å². The molecule has 142 valence electrons. The molecule has 1 amide bonds. The molecule has 7 nitrogen and oxygen atoms in total. The van der Waals surface area contributed by atoms with Gasteiger partial charge >= 0.3 is 0 Å². The molecule has 1 saturated heterocycles. The van der Waals surface area contributed by atoms with Gasteiger partial charge in [-0.15, -0.1) is 0 Å². The van der Waals surface area contributed by atoms with E-state index in [0.29, 0.717) is 23.8 Å². The van der Waals surface area contributed by atoms with Crippen LogP contribution in [0.2, 0.25) is 0 Å². The lowest BCUT2D eigenvalue weighted by Gasteiger charge is -2.30. The highest BCUT2D eigenvalue weighted by Crippen LogP contribution is 2.45. The van der Waals surface area contributed by atoms with E-state index in [4.69, 9.17) is 18.9 Å². The van der Waals surface area contributed by atoms with Gasteiger partial charge in [-0.3, -0.25) is 9.69 Å². The van der Waals surface area contributed by atoms with Crippen molar-refractivity contribution in [2.24, 2.45) is 5.41 Å². The predicted molar refractivity (Wildman–Crippen MR) is 94.6 cm³/mol. The molecule has 1 aliphatic carbocycles. The van der Waals surface area contributed by atoms with E-state index in [2.05, 4.69) is 10.2 Å². The van der Waals surface area contributed by atoms with Crippen molar-refractivity contribution in [1.82, 2.24) is 10.2 Å². The Morgan fingerprint density at radius 1 is 1.27 bits per heavy atom. The van der Waals surface area contributed by atoms with Gasteiger partial charge in [0.25, 0.3) is 5.91 Å². The molecule has 2 heterocycles. The molecule has 0 aromatic heterocycles. The van der Waals surface area contributed by atoms with Crippen molar-refractivity contribution in [3.63, 3.8) is 0 Å². The van der Waals surface area contributed by atoms with Crippen molar-refractivity contribution in [2.75, 3.05) is 46.2 Å². The third-order valence-corrected chi connectivity index (χ3v) is 5.28. The first-order valence-electron chi connectivity index (χ1n) is 9.28. The summed E-state index contributed by atoms with van der Waals surface area (Å²) in [4.78, 5) is 14.9. The minimum atomic E-state index is -0.561. The molecule has 1 aromatic carbocycles. The van der Waals surface area contributed by atoms with E-state index in [0.717, 1.165) is 32.8 Å². The van der Waals surface area contributed by atoms with Crippen LogP contribution in [0.5, 0.6) is 17.2 Å². The molecule has 4 rings (SSSR count). The maximum atomic E-state index is 12.4. The Morgan fingerprint density at radius 2 is 2.04 bits per heavy atom. The van der Waals surface area contributed by atoms with Crippen molar-refractivity contribution < 1.29 is 23.7 Å². The van der Waals surface area contributed by atoms with Gasteiger partial charge in [-0.05, 0) is 31.9 Å². The minimum Gasteiger partial charge on any atom is -0.481 e. The summed E-state index contributed by atoms with van der Waals surface area (Å²) in [5.74, 6) is 1.87. The third-order valence-electron chi connectivity index (χ3n) is 5.28. The second-order valence-corrected chi connectivity index (χ2v) is 7.38. The first kappa shape index (κ1) is 17.4. The van der Waals surface area contributed by atoms with E-state index in [1.165, 1.54) is 12.8 Å². The Kier molecular flexibility index (Phi) is 4.91. The molecule has 1 unspecified atom stereocenters. The Morgan fingerprint density at radius 3 is 2.81 bits per heavy atom. The SMILES string of the molecule is CC(Oc1ccc2c(c1)OCO2)C(=O)NCC1(CN2CCOCC2)CC1. The summed E-state index contributed by atoms with van der Waals surface area (Å²) >= 11 is 0. The van der Waals surface area contributed by atoms with E-state index in [1.807, 2.05) is 0 Å². The minimum absolute atomic E-state index is 0.0871. The van der Waals surface area contributed by atoms with Gasteiger partial charge < -0.3 is 24.3 Å². The Bertz CT molecular complexity index is 655. The molecule has 1 aromatic rings. The monoisotopic (exact) mass is 362 g/mol. The van der Waals surface area contributed by atoms with Crippen LogP contribution < -0.4 is 19.5 Å². The van der Waals surface area contributed by atoms with Crippen molar-refractivity contribution in [3.8, 4) is 17.2 Å².